The number of amides is 1. The molecule has 0 heterocycles. The van der Waals surface area contributed by atoms with Gasteiger partial charge in [-0.3, -0.25) is 14.9 Å². The summed E-state index contributed by atoms with van der Waals surface area (Å²) in [4.78, 5) is 33.6. The average Bonchev–Trinajstić information content (AvgIpc) is 2.61. The maximum atomic E-state index is 13.3. The van der Waals surface area contributed by atoms with Crippen molar-refractivity contribution < 1.29 is 28.4 Å². The molecule has 1 N–H and O–H groups in total. The molecule has 2 aromatic carbocycles. The Morgan fingerprint density at radius 2 is 2.00 bits per heavy atom. The third-order valence-corrected chi connectivity index (χ3v) is 3.38. The predicted octanol–water partition coefficient (Wildman–Crippen LogP) is 3.19. The minimum Gasteiger partial charge on any atom is -0.496 e. The number of esters is 1. The fourth-order valence-corrected chi connectivity index (χ4v) is 2.15. The molecule has 0 fully saturated rings. The number of carbonyl (C=O) groups excluding carboxylic acids is 2. The summed E-state index contributed by atoms with van der Waals surface area (Å²) in [6, 6.07) is 7.15. The molecule has 0 aliphatic heterocycles. The van der Waals surface area contributed by atoms with Gasteiger partial charge in [0.15, 0.2) is 6.61 Å². The fourth-order valence-electron chi connectivity index (χ4n) is 1.98. The van der Waals surface area contributed by atoms with Gasteiger partial charge in [-0.05, 0) is 30.3 Å². The standard InChI is InChI=1S/C16H12ClFN2O6/c1-25-14-5-2-9(17)6-11(14)16(22)26-8-15(21)19-10-3-4-12(18)13(7-10)20(23)24/h2-7H,8H2,1H3,(H,19,21). The highest BCUT2D eigenvalue weighted by Crippen LogP contribution is 2.24. The molecule has 8 nitrogen and oxygen atoms in total. The van der Waals surface area contributed by atoms with Crippen molar-refractivity contribution in [3.8, 4) is 5.75 Å². The number of hydrogen-bond acceptors (Lipinski definition) is 6. The van der Waals surface area contributed by atoms with Gasteiger partial charge in [-0.25, -0.2) is 4.79 Å². The molecule has 0 saturated heterocycles. The van der Waals surface area contributed by atoms with Crippen molar-refractivity contribution in [1.82, 2.24) is 0 Å². The van der Waals surface area contributed by atoms with Crippen LogP contribution in [0.5, 0.6) is 5.75 Å². The third-order valence-electron chi connectivity index (χ3n) is 3.14. The number of nitro benzene ring substituents is 1. The summed E-state index contributed by atoms with van der Waals surface area (Å²) in [5, 5.41) is 13.2. The number of benzene rings is 2. The third kappa shape index (κ3) is 4.67. The van der Waals surface area contributed by atoms with Crippen molar-refractivity contribution in [3.05, 3.63) is 62.9 Å². The Kier molecular flexibility index (Phi) is 6.07. The van der Waals surface area contributed by atoms with Crippen molar-refractivity contribution >= 4 is 34.9 Å². The minimum absolute atomic E-state index is 0.0144. The van der Waals surface area contributed by atoms with Crippen molar-refractivity contribution in [2.45, 2.75) is 0 Å². The molecule has 0 unspecified atom stereocenters. The first-order valence-electron chi connectivity index (χ1n) is 7.06. The molecule has 0 aromatic heterocycles. The van der Waals surface area contributed by atoms with Crippen molar-refractivity contribution in [3.63, 3.8) is 0 Å². The van der Waals surface area contributed by atoms with Crippen LogP contribution in [-0.2, 0) is 9.53 Å². The summed E-state index contributed by atoms with van der Waals surface area (Å²) >= 11 is 5.81. The zero-order valence-corrected chi connectivity index (χ0v) is 14.1. The van der Waals surface area contributed by atoms with Gasteiger partial charge in [0.2, 0.25) is 5.82 Å². The Morgan fingerprint density at radius 3 is 2.65 bits per heavy atom. The number of anilines is 1. The van der Waals surface area contributed by atoms with Crippen molar-refractivity contribution in [1.29, 1.82) is 0 Å². The smallest absolute Gasteiger partial charge is 0.342 e. The lowest BCUT2D eigenvalue weighted by atomic mass is 10.2. The molecule has 0 radical (unpaired) electrons. The van der Waals surface area contributed by atoms with Crippen LogP contribution >= 0.6 is 11.6 Å². The number of nitro groups is 1. The van der Waals surface area contributed by atoms with E-state index in [9.17, 15) is 24.1 Å². The number of ether oxygens (including phenoxy) is 2. The van der Waals surface area contributed by atoms with Gasteiger partial charge in [-0.2, -0.15) is 4.39 Å². The maximum absolute atomic E-state index is 13.3. The van der Waals surface area contributed by atoms with E-state index in [0.717, 1.165) is 18.2 Å². The Bertz CT molecular complexity index is 874. The van der Waals surface area contributed by atoms with E-state index in [4.69, 9.17) is 21.1 Å². The molecule has 0 atom stereocenters. The summed E-state index contributed by atoms with van der Waals surface area (Å²) in [5.74, 6) is -2.42. The lowest BCUT2D eigenvalue weighted by Gasteiger charge is -2.09. The second-order valence-electron chi connectivity index (χ2n) is 4.89. The second kappa shape index (κ2) is 8.26. The topological polar surface area (TPSA) is 108 Å². The molecule has 1 amide bonds. The van der Waals surface area contributed by atoms with E-state index in [1.165, 1.54) is 25.3 Å². The summed E-state index contributed by atoms with van der Waals surface area (Å²) in [7, 11) is 1.36. The van der Waals surface area contributed by atoms with Gasteiger partial charge in [0.1, 0.15) is 11.3 Å². The van der Waals surface area contributed by atoms with Gasteiger partial charge in [0.25, 0.3) is 5.91 Å². The SMILES string of the molecule is COc1ccc(Cl)cc1C(=O)OCC(=O)Nc1ccc(F)c([N+](=O)[O-])c1. The molecule has 2 rings (SSSR count). The van der Waals surface area contributed by atoms with Crippen LogP contribution in [0.2, 0.25) is 5.02 Å². The Labute approximate surface area is 151 Å². The number of rotatable bonds is 6. The van der Waals surface area contributed by atoms with Crippen molar-refractivity contribution in [2.24, 2.45) is 0 Å². The average molecular weight is 383 g/mol. The van der Waals surface area contributed by atoms with Crippen LogP contribution in [0.1, 0.15) is 10.4 Å². The molecule has 10 heteroatoms. The van der Waals surface area contributed by atoms with E-state index in [-0.39, 0.29) is 22.0 Å². The number of methoxy groups -OCH3 is 1. The molecule has 0 bridgehead atoms. The predicted molar refractivity (Wildman–Crippen MR) is 90.0 cm³/mol. The van der Waals surface area contributed by atoms with Crippen LogP contribution in [0.3, 0.4) is 0 Å². The molecule has 0 aliphatic carbocycles. The van der Waals surface area contributed by atoms with Crippen LogP contribution in [0.25, 0.3) is 0 Å². The quantitative estimate of drug-likeness (QED) is 0.467. The first-order valence-corrected chi connectivity index (χ1v) is 7.44. The molecule has 0 spiro atoms. The molecule has 0 saturated carbocycles. The lowest BCUT2D eigenvalue weighted by Crippen LogP contribution is -2.21. The fraction of sp³-hybridized carbons (Fsp3) is 0.125. The Hall–Kier alpha value is -3.20. The van der Waals surface area contributed by atoms with Crippen LogP contribution in [0.4, 0.5) is 15.8 Å². The molecule has 2 aromatic rings. The number of carbonyl (C=O) groups is 2. The van der Waals surface area contributed by atoms with E-state index < -0.39 is 34.9 Å². The van der Waals surface area contributed by atoms with E-state index in [2.05, 4.69) is 5.32 Å². The Morgan fingerprint density at radius 1 is 1.27 bits per heavy atom. The molecule has 0 aliphatic rings. The van der Waals surface area contributed by atoms with Crippen LogP contribution in [0, 0.1) is 15.9 Å². The van der Waals surface area contributed by atoms with E-state index in [1.54, 1.807) is 0 Å². The van der Waals surface area contributed by atoms with Gasteiger partial charge in [0.05, 0.1) is 12.0 Å². The first kappa shape index (κ1) is 19.1. The zero-order chi connectivity index (χ0) is 19.3. The highest BCUT2D eigenvalue weighted by molar-refractivity contribution is 6.31. The lowest BCUT2D eigenvalue weighted by molar-refractivity contribution is -0.387. The number of hydrogen-bond donors (Lipinski definition) is 1. The van der Waals surface area contributed by atoms with Gasteiger partial charge in [0, 0.05) is 16.8 Å². The van der Waals surface area contributed by atoms with Crippen LogP contribution < -0.4 is 10.1 Å². The number of nitrogens with one attached hydrogen (secondary N) is 1. The van der Waals surface area contributed by atoms with Gasteiger partial charge >= 0.3 is 11.7 Å². The number of nitrogens with zero attached hydrogens (tertiary/aromatic N) is 1. The van der Waals surface area contributed by atoms with Crippen LogP contribution in [-0.4, -0.2) is 30.5 Å². The summed E-state index contributed by atoms with van der Waals surface area (Å²) < 4.78 is 23.1. The Balaban J connectivity index is 2.01. The summed E-state index contributed by atoms with van der Waals surface area (Å²) in [5.41, 5.74) is -0.770. The molecular formula is C16H12ClFN2O6. The van der Waals surface area contributed by atoms with Gasteiger partial charge in [-0.15, -0.1) is 0 Å². The summed E-state index contributed by atoms with van der Waals surface area (Å²) in [6.07, 6.45) is 0. The van der Waals surface area contributed by atoms with E-state index in [0.29, 0.717) is 0 Å². The maximum Gasteiger partial charge on any atom is 0.342 e. The second-order valence-corrected chi connectivity index (χ2v) is 5.33. The number of halogens is 2. The summed E-state index contributed by atoms with van der Waals surface area (Å²) in [6.45, 7) is -0.667. The first-order chi connectivity index (χ1) is 12.3. The van der Waals surface area contributed by atoms with Gasteiger partial charge < -0.3 is 14.8 Å². The van der Waals surface area contributed by atoms with E-state index >= 15 is 0 Å². The molecule has 136 valence electrons. The highest BCUT2D eigenvalue weighted by Gasteiger charge is 2.18. The normalized spacial score (nSPS) is 10.1. The molecule has 26 heavy (non-hydrogen) atoms. The van der Waals surface area contributed by atoms with E-state index in [1.807, 2.05) is 0 Å². The largest absolute Gasteiger partial charge is 0.496 e. The zero-order valence-electron chi connectivity index (χ0n) is 13.3. The highest BCUT2D eigenvalue weighted by atomic mass is 35.5. The monoisotopic (exact) mass is 382 g/mol. The minimum atomic E-state index is -1.03. The van der Waals surface area contributed by atoms with Gasteiger partial charge in [-0.1, -0.05) is 11.6 Å². The molecular weight excluding hydrogens is 371 g/mol. The van der Waals surface area contributed by atoms with Crippen molar-refractivity contribution in [2.75, 3.05) is 19.0 Å². The van der Waals surface area contributed by atoms with Crippen LogP contribution in [0.15, 0.2) is 36.4 Å².